The van der Waals surface area contributed by atoms with Gasteiger partial charge in [-0.3, -0.25) is 0 Å². The lowest BCUT2D eigenvalue weighted by Gasteiger charge is -2.22. The van der Waals surface area contributed by atoms with Crippen LogP contribution in [0.15, 0.2) is 18.2 Å². The van der Waals surface area contributed by atoms with E-state index in [1.54, 1.807) is 12.1 Å². The Bertz CT molecular complexity index is 514. The zero-order valence-corrected chi connectivity index (χ0v) is 11.6. The van der Waals surface area contributed by atoms with Crippen molar-refractivity contribution in [3.63, 3.8) is 0 Å². The number of hydrogen-bond acceptors (Lipinski definition) is 5. The molecule has 1 aliphatic heterocycles. The molecule has 5 nitrogen and oxygen atoms in total. The first kappa shape index (κ1) is 13.2. The van der Waals surface area contributed by atoms with Crippen LogP contribution >= 0.6 is 0 Å². The third-order valence-corrected chi connectivity index (χ3v) is 4.01. The minimum absolute atomic E-state index is 0.259. The largest absolute Gasteiger partial charge is 0.465 e. The van der Waals surface area contributed by atoms with Gasteiger partial charge in [-0.1, -0.05) is 0 Å². The van der Waals surface area contributed by atoms with Crippen molar-refractivity contribution >= 4 is 17.3 Å². The zero-order chi connectivity index (χ0) is 14.1. The van der Waals surface area contributed by atoms with E-state index in [-0.39, 0.29) is 18.1 Å². The summed E-state index contributed by atoms with van der Waals surface area (Å²) >= 11 is 0. The van der Waals surface area contributed by atoms with Crippen molar-refractivity contribution in [2.75, 3.05) is 24.8 Å². The molecule has 1 aromatic carbocycles. The van der Waals surface area contributed by atoms with E-state index in [1.807, 2.05) is 6.07 Å². The number of nitrogens with one attached hydrogen (secondary N) is 1. The van der Waals surface area contributed by atoms with Gasteiger partial charge >= 0.3 is 5.97 Å². The third kappa shape index (κ3) is 2.58. The highest BCUT2D eigenvalue weighted by Gasteiger charge is 2.40. The number of nitrogens with two attached hydrogens (primary N) is 1. The fourth-order valence-electron chi connectivity index (χ4n) is 2.82. The normalized spacial score (nSPS) is 25.4. The number of anilines is 2. The van der Waals surface area contributed by atoms with Crippen LogP contribution in [-0.2, 0) is 9.47 Å². The summed E-state index contributed by atoms with van der Waals surface area (Å²) in [5.41, 5.74) is 7.56. The molecular formula is C15H20N2O3. The molecule has 0 amide bonds. The van der Waals surface area contributed by atoms with Crippen LogP contribution < -0.4 is 11.1 Å². The van der Waals surface area contributed by atoms with Crippen LogP contribution in [-0.4, -0.2) is 31.8 Å². The van der Waals surface area contributed by atoms with Crippen molar-refractivity contribution in [1.82, 2.24) is 0 Å². The van der Waals surface area contributed by atoms with Crippen LogP contribution in [0, 0.1) is 5.92 Å². The second-order valence-corrected chi connectivity index (χ2v) is 5.51. The summed E-state index contributed by atoms with van der Waals surface area (Å²) in [6.07, 6.45) is 3.72. The zero-order valence-electron chi connectivity index (χ0n) is 11.6. The van der Waals surface area contributed by atoms with E-state index in [2.05, 4.69) is 5.32 Å². The topological polar surface area (TPSA) is 73.6 Å². The SMILES string of the molecule is COC(=O)c1cc(N)ccc1NC1CCOC1C1CC1. The molecule has 2 atom stereocenters. The molecule has 0 bridgehead atoms. The Hall–Kier alpha value is -1.75. The minimum Gasteiger partial charge on any atom is -0.465 e. The molecule has 1 aromatic rings. The average Bonchev–Trinajstić information content (AvgIpc) is 3.20. The number of carbonyl (C=O) groups excluding carboxylic acids is 1. The Morgan fingerprint density at radius 2 is 2.20 bits per heavy atom. The first-order valence-electron chi connectivity index (χ1n) is 7.05. The van der Waals surface area contributed by atoms with Gasteiger partial charge in [0.1, 0.15) is 0 Å². The molecule has 0 spiro atoms. The van der Waals surface area contributed by atoms with E-state index in [0.29, 0.717) is 17.2 Å². The maximum atomic E-state index is 11.8. The molecule has 108 valence electrons. The van der Waals surface area contributed by atoms with Crippen LogP contribution in [0.3, 0.4) is 0 Å². The van der Waals surface area contributed by atoms with Crippen molar-refractivity contribution in [3.8, 4) is 0 Å². The van der Waals surface area contributed by atoms with E-state index in [9.17, 15) is 4.79 Å². The predicted molar refractivity (Wildman–Crippen MR) is 76.7 cm³/mol. The molecule has 20 heavy (non-hydrogen) atoms. The molecule has 1 aliphatic carbocycles. The van der Waals surface area contributed by atoms with Gasteiger partial charge in [0.15, 0.2) is 0 Å². The molecule has 0 aromatic heterocycles. The minimum atomic E-state index is -0.373. The maximum Gasteiger partial charge on any atom is 0.340 e. The van der Waals surface area contributed by atoms with Gasteiger partial charge in [-0.15, -0.1) is 0 Å². The molecule has 0 radical (unpaired) electrons. The standard InChI is InChI=1S/C15H20N2O3/c1-19-15(18)11-8-10(16)4-5-12(11)17-13-6-7-20-14(13)9-2-3-9/h4-5,8-9,13-14,17H,2-3,6-7,16H2,1H3. The van der Waals surface area contributed by atoms with Crippen LogP contribution in [0.2, 0.25) is 0 Å². The lowest BCUT2D eigenvalue weighted by molar-refractivity contribution is 0.0601. The van der Waals surface area contributed by atoms with Gasteiger partial charge in [-0.05, 0) is 43.4 Å². The van der Waals surface area contributed by atoms with Gasteiger partial charge in [0, 0.05) is 18.0 Å². The summed E-state index contributed by atoms with van der Waals surface area (Å²) in [4.78, 5) is 11.8. The van der Waals surface area contributed by atoms with Crippen molar-refractivity contribution in [2.24, 2.45) is 5.92 Å². The Labute approximate surface area is 118 Å². The number of rotatable bonds is 4. The van der Waals surface area contributed by atoms with Gasteiger partial charge in [0.05, 0.1) is 24.8 Å². The number of benzene rings is 1. The van der Waals surface area contributed by atoms with E-state index in [4.69, 9.17) is 15.2 Å². The van der Waals surface area contributed by atoms with Gasteiger partial charge in [0.2, 0.25) is 0 Å². The molecule has 1 saturated carbocycles. The fraction of sp³-hybridized carbons (Fsp3) is 0.533. The van der Waals surface area contributed by atoms with Crippen molar-refractivity contribution in [2.45, 2.75) is 31.4 Å². The lowest BCUT2D eigenvalue weighted by atomic mass is 10.0. The number of ether oxygens (including phenoxy) is 2. The molecule has 2 aliphatic rings. The second kappa shape index (κ2) is 5.32. The first-order chi connectivity index (χ1) is 9.69. The van der Waals surface area contributed by atoms with Crippen LogP contribution in [0.25, 0.3) is 0 Å². The van der Waals surface area contributed by atoms with Gasteiger partial charge in [-0.25, -0.2) is 4.79 Å². The Balaban J connectivity index is 1.80. The first-order valence-corrected chi connectivity index (χ1v) is 7.05. The summed E-state index contributed by atoms with van der Waals surface area (Å²) in [7, 11) is 1.38. The molecule has 1 heterocycles. The van der Waals surface area contributed by atoms with E-state index < -0.39 is 0 Å². The number of esters is 1. The van der Waals surface area contributed by atoms with Gasteiger partial charge in [-0.2, -0.15) is 0 Å². The Morgan fingerprint density at radius 1 is 1.40 bits per heavy atom. The van der Waals surface area contributed by atoms with Crippen molar-refractivity contribution in [1.29, 1.82) is 0 Å². The van der Waals surface area contributed by atoms with Crippen LogP contribution in [0.1, 0.15) is 29.6 Å². The molecule has 3 rings (SSSR count). The second-order valence-electron chi connectivity index (χ2n) is 5.51. The van der Waals surface area contributed by atoms with Gasteiger partial charge < -0.3 is 20.5 Å². The summed E-state index contributed by atoms with van der Waals surface area (Å²) in [6, 6.07) is 5.53. The Kier molecular flexibility index (Phi) is 3.53. The quantitative estimate of drug-likeness (QED) is 0.650. The van der Waals surface area contributed by atoms with Crippen molar-refractivity contribution in [3.05, 3.63) is 23.8 Å². The summed E-state index contributed by atoms with van der Waals surface area (Å²) in [5.74, 6) is 0.298. The predicted octanol–water partition coefficient (Wildman–Crippen LogP) is 2.03. The smallest absolute Gasteiger partial charge is 0.340 e. The molecule has 2 fully saturated rings. The highest BCUT2D eigenvalue weighted by atomic mass is 16.5. The Morgan fingerprint density at radius 3 is 2.90 bits per heavy atom. The van der Waals surface area contributed by atoms with Crippen LogP contribution in [0.5, 0.6) is 0 Å². The molecule has 5 heteroatoms. The lowest BCUT2D eigenvalue weighted by Crippen LogP contribution is -2.31. The molecule has 2 unspecified atom stereocenters. The highest BCUT2D eigenvalue weighted by molar-refractivity contribution is 5.96. The summed E-state index contributed by atoms with van der Waals surface area (Å²) < 4.78 is 10.6. The number of hydrogen-bond donors (Lipinski definition) is 2. The third-order valence-electron chi connectivity index (χ3n) is 4.01. The number of carbonyl (C=O) groups is 1. The summed E-state index contributed by atoms with van der Waals surface area (Å²) in [6.45, 7) is 0.779. The van der Waals surface area contributed by atoms with Gasteiger partial charge in [0.25, 0.3) is 0 Å². The highest BCUT2D eigenvalue weighted by Crippen LogP contribution is 2.40. The van der Waals surface area contributed by atoms with E-state index >= 15 is 0 Å². The van der Waals surface area contributed by atoms with E-state index in [0.717, 1.165) is 18.7 Å². The molecule has 1 saturated heterocycles. The molecule has 3 N–H and O–H groups in total. The maximum absolute atomic E-state index is 11.8. The van der Waals surface area contributed by atoms with E-state index in [1.165, 1.54) is 20.0 Å². The van der Waals surface area contributed by atoms with Crippen molar-refractivity contribution < 1.29 is 14.3 Å². The average molecular weight is 276 g/mol. The summed E-state index contributed by atoms with van der Waals surface area (Å²) in [5, 5.41) is 3.44. The monoisotopic (exact) mass is 276 g/mol. The molecular weight excluding hydrogens is 256 g/mol. The fourth-order valence-corrected chi connectivity index (χ4v) is 2.82. The van der Waals surface area contributed by atoms with Crippen LogP contribution in [0.4, 0.5) is 11.4 Å². The number of methoxy groups -OCH3 is 1. The number of nitrogen functional groups attached to an aromatic ring is 1.